The van der Waals surface area contributed by atoms with Crippen LogP contribution in [-0.4, -0.2) is 21.5 Å². The van der Waals surface area contributed by atoms with Gasteiger partial charge in [-0.2, -0.15) is 0 Å². The number of carbonyl (C=O) groups excluding carboxylic acids is 1. The molecule has 1 amide bonds. The van der Waals surface area contributed by atoms with Crippen molar-refractivity contribution in [3.63, 3.8) is 0 Å². The Morgan fingerprint density at radius 3 is 2.71 bits per heavy atom. The number of amides is 1. The lowest BCUT2D eigenvalue weighted by Gasteiger charge is -2.22. The van der Waals surface area contributed by atoms with Crippen molar-refractivity contribution in [1.82, 2.24) is 9.97 Å². The minimum Gasteiger partial charge on any atom is -0.486 e. The number of hydrogen-bond acceptors (Lipinski definition) is 4. The average Bonchev–Trinajstić information content (AvgIpc) is 3.45. The van der Waals surface area contributed by atoms with Gasteiger partial charge in [-0.3, -0.25) is 4.79 Å². The van der Waals surface area contributed by atoms with Crippen LogP contribution in [0.4, 0.5) is 21.7 Å². The maximum atomic E-state index is 14.4. The van der Waals surface area contributed by atoms with Crippen molar-refractivity contribution in [3.05, 3.63) is 76.1 Å². The number of aromatic nitrogens is 2. The van der Waals surface area contributed by atoms with Crippen molar-refractivity contribution in [2.75, 3.05) is 10.6 Å². The monoisotopic (exact) mass is 532 g/mol. The summed E-state index contributed by atoms with van der Waals surface area (Å²) in [5, 5.41) is 6.28. The quantitative estimate of drug-likeness (QED) is 0.242. The molecule has 6 rings (SSSR count). The Labute approximate surface area is 226 Å². The Balaban J connectivity index is 1.34. The fraction of sp³-hybridized carbons (Fsp3) is 0.333. The van der Waals surface area contributed by atoms with Gasteiger partial charge in [-0.15, -0.1) is 0 Å². The van der Waals surface area contributed by atoms with Gasteiger partial charge < -0.3 is 20.4 Å². The molecule has 0 saturated heterocycles. The van der Waals surface area contributed by atoms with Crippen LogP contribution in [0.15, 0.2) is 48.5 Å². The van der Waals surface area contributed by atoms with Gasteiger partial charge >= 0.3 is 0 Å². The Morgan fingerprint density at radius 2 is 1.92 bits per heavy atom. The van der Waals surface area contributed by atoms with E-state index in [1.807, 2.05) is 26.0 Å². The van der Waals surface area contributed by atoms with Crippen molar-refractivity contribution in [2.24, 2.45) is 0 Å². The van der Waals surface area contributed by atoms with E-state index in [9.17, 15) is 9.18 Å². The second-order valence-corrected chi connectivity index (χ2v) is 11.3. The van der Waals surface area contributed by atoms with E-state index in [0.717, 1.165) is 11.3 Å². The van der Waals surface area contributed by atoms with Crippen molar-refractivity contribution in [2.45, 2.75) is 63.9 Å². The first-order chi connectivity index (χ1) is 18.3. The molecule has 1 fully saturated rings. The zero-order valence-electron chi connectivity index (χ0n) is 21.5. The molecule has 0 radical (unpaired) electrons. The van der Waals surface area contributed by atoms with Crippen LogP contribution in [0.1, 0.15) is 73.4 Å². The summed E-state index contributed by atoms with van der Waals surface area (Å²) in [6.45, 7) is 3.97. The number of hydrogen-bond donors (Lipinski definition) is 3. The number of ether oxygens (including phenoxy) is 1. The molecular weight excluding hydrogens is 503 g/mol. The average molecular weight is 533 g/mol. The highest BCUT2D eigenvalue weighted by molar-refractivity contribution is 6.33. The Hall–Kier alpha value is -3.58. The van der Waals surface area contributed by atoms with Gasteiger partial charge in [0.2, 0.25) is 5.95 Å². The lowest BCUT2D eigenvalue weighted by Crippen LogP contribution is -2.25. The molecule has 1 saturated carbocycles. The standard InChI is InChI=1S/C30H30ClFN4O2/c1-30(2)16-21-25-24(34-29(35-25)36-26-22(31)12-7-13-23(26)32)15-20(27(21)38-30)28(37)33-19-11-6-10-18(14-19)17-8-4-3-5-9-17/h6-7,10-15,17H,3-5,8-9,16H2,1-2H3,(H,33,37)(H2,34,35,36). The molecule has 0 atom stereocenters. The lowest BCUT2D eigenvalue weighted by molar-refractivity contribution is 0.101. The molecule has 4 aromatic rings. The summed E-state index contributed by atoms with van der Waals surface area (Å²) in [7, 11) is 0. The van der Waals surface area contributed by atoms with Crippen LogP contribution >= 0.6 is 11.6 Å². The molecule has 2 aliphatic rings. The van der Waals surface area contributed by atoms with Gasteiger partial charge in [0.15, 0.2) is 0 Å². The van der Waals surface area contributed by atoms with E-state index >= 15 is 0 Å². The highest BCUT2D eigenvalue weighted by atomic mass is 35.5. The smallest absolute Gasteiger partial charge is 0.259 e. The highest BCUT2D eigenvalue weighted by Gasteiger charge is 2.36. The second kappa shape index (κ2) is 9.62. The van der Waals surface area contributed by atoms with Crippen molar-refractivity contribution in [3.8, 4) is 5.75 Å². The summed E-state index contributed by atoms with van der Waals surface area (Å²) in [6.07, 6.45) is 6.78. The van der Waals surface area contributed by atoms with Crippen LogP contribution in [0.25, 0.3) is 11.0 Å². The van der Waals surface area contributed by atoms with Crippen molar-refractivity contribution in [1.29, 1.82) is 0 Å². The maximum Gasteiger partial charge on any atom is 0.259 e. The maximum absolute atomic E-state index is 14.4. The predicted octanol–water partition coefficient (Wildman–Crippen LogP) is 8.11. The first kappa shape index (κ1) is 24.7. The summed E-state index contributed by atoms with van der Waals surface area (Å²) in [5.74, 6) is 0.678. The number of aromatic amines is 1. The number of rotatable bonds is 5. The lowest BCUT2D eigenvalue weighted by atomic mass is 9.84. The number of fused-ring (bicyclic) bond motifs is 3. The van der Waals surface area contributed by atoms with Gasteiger partial charge in [0.1, 0.15) is 17.2 Å². The van der Waals surface area contributed by atoms with E-state index in [2.05, 4.69) is 32.7 Å². The largest absolute Gasteiger partial charge is 0.486 e. The van der Waals surface area contributed by atoms with E-state index in [1.54, 1.807) is 18.2 Å². The number of para-hydroxylation sites is 1. The van der Waals surface area contributed by atoms with E-state index < -0.39 is 11.4 Å². The van der Waals surface area contributed by atoms with E-state index in [-0.39, 0.29) is 16.6 Å². The van der Waals surface area contributed by atoms with Gasteiger partial charge in [0, 0.05) is 17.7 Å². The molecule has 2 heterocycles. The normalized spacial score (nSPS) is 16.7. The topological polar surface area (TPSA) is 79.0 Å². The number of halogens is 2. The van der Waals surface area contributed by atoms with Crippen molar-refractivity contribution < 1.29 is 13.9 Å². The third-order valence-electron chi connectivity index (χ3n) is 7.48. The molecule has 196 valence electrons. The van der Waals surface area contributed by atoms with Crippen LogP contribution in [-0.2, 0) is 6.42 Å². The van der Waals surface area contributed by atoms with E-state index in [1.165, 1.54) is 43.7 Å². The number of carbonyl (C=O) groups is 1. The third kappa shape index (κ3) is 4.71. The molecule has 0 spiro atoms. The van der Waals surface area contributed by atoms with Crippen LogP contribution in [0.5, 0.6) is 5.75 Å². The first-order valence-electron chi connectivity index (χ1n) is 13.1. The number of anilines is 3. The molecule has 1 aromatic heterocycles. The molecule has 0 bridgehead atoms. The minimum absolute atomic E-state index is 0.136. The summed E-state index contributed by atoms with van der Waals surface area (Å²) in [6, 6.07) is 14.4. The van der Waals surface area contributed by atoms with E-state index in [4.69, 9.17) is 16.3 Å². The van der Waals surface area contributed by atoms with Gasteiger partial charge in [0.05, 0.1) is 27.3 Å². The summed E-state index contributed by atoms with van der Waals surface area (Å²) in [4.78, 5) is 21.5. The van der Waals surface area contributed by atoms with Crippen LogP contribution in [0, 0.1) is 5.82 Å². The number of H-pyrrole nitrogens is 1. The SMILES string of the molecule is CC1(C)Cc2c(c(C(=O)Nc3cccc(C4CCCCC4)c3)cc3[nH]c(Nc4c(F)cccc4Cl)nc23)O1. The Bertz CT molecular complexity index is 1520. The third-order valence-corrected chi connectivity index (χ3v) is 7.79. The summed E-state index contributed by atoms with van der Waals surface area (Å²) >= 11 is 6.20. The summed E-state index contributed by atoms with van der Waals surface area (Å²) < 4.78 is 20.6. The fourth-order valence-electron chi connectivity index (χ4n) is 5.69. The molecule has 1 aliphatic carbocycles. The van der Waals surface area contributed by atoms with E-state index in [0.29, 0.717) is 40.6 Å². The Kier molecular flexibility index (Phi) is 6.26. The molecule has 6 nitrogen and oxygen atoms in total. The molecule has 38 heavy (non-hydrogen) atoms. The van der Waals surface area contributed by atoms with Gasteiger partial charge in [-0.25, -0.2) is 9.37 Å². The van der Waals surface area contributed by atoms with Gasteiger partial charge in [-0.05, 0) is 68.5 Å². The van der Waals surface area contributed by atoms with Crippen LogP contribution in [0.3, 0.4) is 0 Å². The molecule has 1 aliphatic heterocycles. The molecule has 0 unspecified atom stereocenters. The van der Waals surface area contributed by atoms with Gasteiger partial charge in [-0.1, -0.05) is 49.1 Å². The highest BCUT2D eigenvalue weighted by Crippen LogP contribution is 2.43. The number of benzene rings is 3. The minimum atomic E-state index is -0.492. The zero-order chi connectivity index (χ0) is 26.4. The molecule has 3 N–H and O–H groups in total. The Morgan fingerprint density at radius 1 is 1.13 bits per heavy atom. The van der Waals surface area contributed by atoms with Crippen LogP contribution < -0.4 is 15.4 Å². The zero-order valence-corrected chi connectivity index (χ0v) is 22.2. The number of nitrogens with one attached hydrogen (secondary N) is 3. The molecule has 3 aromatic carbocycles. The molecular formula is C30H30ClFN4O2. The molecule has 8 heteroatoms. The number of nitrogens with zero attached hydrogens (tertiary/aromatic N) is 1. The first-order valence-corrected chi connectivity index (χ1v) is 13.5. The second-order valence-electron chi connectivity index (χ2n) is 10.9. The fourth-order valence-corrected chi connectivity index (χ4v) is 5.90. The van der Waals surface area contributed by atoms with Gasteiger partial charge in [0.25, 0.3) is 5.91 Å². The number of imidazole rings is 1. The van der Waals surface area contributed by atoms with Crippen molar-refractivity contribution >= 4 is 45.9 Å². The summed E-state index contributed by atoms with van der Waals surface area (Å²) in [5.41, 5.74) is 4.29. The van der Waals surface area contributed by atoms with Crippen LogP contribution in [0.2, 0.25) is 5.02 Å². The predicted molar refractivity (Wildman–Crippen MR) is 149 cm³/mol.